The lowest BCUT2D eigenvalue weighted by atomic mass is 10.1. The van der Waals surface area contributed by atoms with Gasteiger partial charge in [0.2, 0.25) is 0 Å². The molecule has 0 aliphatic rings. The highest BCUT2D eigenvalue weighted by Crippen LogP contribution is 2.23. The molecule has 2 aromatic carbocycles. The van der Waals surface area contributed by atoms with Gasteiger partial charge >= 0.3 is 0 Å². The molecule has 0 saturated carbocycles. The van der Waals surface area contributed by atoms with Gasteiger partial charge in [0.15, 0.2) is 5.78 Å². The first-order chi connectivity index (χ1) is 14.1. The summed E-state index contributed by atoms with van der Waals surface area (Å²) in [5, 5.41) is 5.16. The number of aromatic nitrogens is 2. The van der Waals surface area contributed by atoms with Crippen molar-refractivity contribution in [1.29, 1.82) is 0 Å². The van der Waals surface area contributed by atoms with Crippen LogP contribution in [-0.4, -0.2) is 41.0 Å². The number of hydrogen-bond donors (Lipinski definition) is 1. The third-order valence-corrected chi connectivity index (χ3v) is 5.18. The molecule has 0 aliphatic carbocycles. The lowest BCUT2D eigenvalue weighted by molar-refractivity contribution is 0.0946. The molecule has 0 atom stereocenters. The Balaban J connectivity index is 1.31. The van der Waals surface area contributed by atoms with Gasteiger partial charge in [-0.25, -0.2) is 0 Å². The van der Waals surface area contributed by atoms with E-state index in [1.807, 2.05) is 74.6 Å². The highest BCUT2D eigenvalue weighted by atomic mass is 16.5. The first-order valence-electron chi connectivity index (χ1n) is 9.92. The summed E-state index contributed by atoms with van der Waals surface area (Å²) in [4.78, 5) is 18.2. The van der Waals surface area contributed by atoms with Gasteiger partial charge in [0, 0.05) is 40.2 Å². The van der Waals surface area contributed by atoms with Crippen LogP contribution in [0.3, 0.4) is 0 Å². The zero-order valence-corrected chi connectivity index (χ0v) is 16.8. The molecular formula is C24H25N3O2. The predicted molar refractivity (Wildman–Crippen MR) is 115 cm³/mol. The maximum absolute atomic E-state index is 12.9. The van der Waals surface area contributed by atoms with Crippen LogP contribution in [-0.2, 0) is 6.42 Å². The third kappa shape index (κ3) is 4.30. The van der Waals surface area contributed by atoms with Gasteiger partial charge in [0.25, 0.3) is 0 Å². The number of ketones is 1. The van der Waals surface area contributed by atoms with Crippen molar-refractivity contribution in [1.82, 2.24) is 15.0 Å². The summed E-state index contributed by atoms with van der Waals surface area (Å²) in [6.45, 7) is 3.17. The molecular weight excluding hydrogens is 362 g/mol. The van der Waals surface area contributed by atoms with Crippen LogP contribution in [0.4, 0.5) is 0 Å². The van der Waals surface area contributed by atoms with Crippen molar-refractivity contribution < 1.29 is 9.32 Å². The Bertz CT molecular complexity index is 1110. The third-order valence-electron chi connectivity index (χ3n) is 5.18. The molecule has 0 spiro atoms. The molecule has 4 rings (SSSR count). The van der Waals surface area contributed by atoms with Crippen LogP contribution in [0, 0.1) is 6.92 Å². The van der Waals surface area contributed by atoms with Crippen molar-refractivity contribution in [2.45, 2.75) is 19.8 Å². The Labute approximate surface area is 170 Å². The number of nitrogens with one attached hydrogen (secondary N) is 1. The molecule has 0 saturated heterocycles. The van der Waals surface area contributed by atoms with E-state index in [0.717, 1.165) is 58.6 Å². The molecule has 148 valence electrons. The van der Waals surface area contributed by atoms with E-state index in [0.29, 0.717) is 6.54 Å². The summed E-state index contributed by atoms with van der Waals surface area (Å²) < 4.78 is 5.47. The van der Waals surface area contributed by atoms with Crippen molar-refractivity contribution in [3.8, 4) is 11.3 Å². The lowest BCUT2D eigenvalue weighted by Gasteiger charge is -2.15. The topological polar surface area (TPSA) is 62.1 Å². The zero-order valence-electron chi connectivity index (χ0n) is 16.8. The number of aryl methyl sites for hydroxylation is 2. The second kappa shape index (κ2) is 8.45. The normalized spacial score (nSPS) is 11.4. The summed E-state index contributed by atoms with van der Waals surface area (Å²) >= 11 is 0. The number of carbonyl (C=O) groups is 1. The maximum Gasteiger partial charge on any atom is 0.179 e. The first kappa shape index (κ1) is 19.2. The SMILES string of the molecule is Cc1[nH]c2ccccc2c1C(=O)CN(C)CCCc1cc(-c2ccccc2)no1. The lowest BCUT2D eigenvalue weighted by Crippen LogP contribution is -2.27. The molecule has 0 unspecified atom stereocenters. The van der Waals surface area contributed by atoms with Gasteiger partial charge in [-0.05, 0) is 33.0 Å². The number of hydrogen-bond acceptors (Lipinski definition) is 4. The van der Waals surface area contributed by atoms with Gasteiger partial charge in [-0.15, -0.1) is 0 Å². The number of nitrogens with zero attached hydrogens (tertiary/aromatic N) is 2. The number of carbonyl (C=O) groups excluding carboxylic acids is 1. The minimum atomic E-state index is 0.147. The summed E-state index contributed by atoms with van der Waals surface area (Å²) in [5.74, 6) is 1.02. The minimum absolute atomic E-state index is 0.147. The quantitative estimate of drug-likeness (QED) is 0.438. The number of fused-ring (bicyclic) bond motifs is 1. The highest BCUT2D eigenvalue weighted by Gasteiger charge is 2.17. The smallest absolute Gasteiger partial charge is 0.179 e. The fraction of sp³-hybridized carbons (Fsp3) is 0.250. The summed E-state index contributed by atoms with van der Waals surface area (Å²) in [6.07, 6.45) is 1.70. The molecule has 4 aromatic rings. The monoisotopic (exact) mass is 387 g/mol. The molecule has 0 aliphatic heterocycles. The van der Waals surface area contributed by atoms with Gasteiger partial charge in [-0.1, -0.05) is 53.7 Å². The van der Waals surface area contributed by atoms with E-state index in [1.165, 1.54) is 0 Å². The van der Waals surface area contributed by atoms with Crippen molar-refractivity contribution in [3.63, 3.8) is 0 Å². The Kier molecular flexibility index (Phi) is 5.58. The molecule has 0 amide bonds. The second-order valence-corrected chi connectivity index (χ2v) is 7.48. The van der Waals surface area contributed by atoms with E-state index < -0.39 is 0 Å². The van der Waals surface area contributed by atoms with Crippen molar-refractivity contribution in [2.24, 2.45) is 0 Å². The average molecular weight is 387 g/mol. The number of likely N-dealkylation sites (N-methyl/N-ethyl adjacent to an activating group) is 1. The average Bonchev–Trinajstić information content (AvgIpc) is 3.32. The molecule has 2 heterocycles. The predicted octanol–water partition coefficient (Wildman–Crippen LogP) is 4.88. The largest absolute Gasteiger partial charge is 0.361 e. The molecule has 5 nitrogen and oxygen atoms in total. The van der Waals surface area contributed by atoms with Gasteiger partial charge in [-0.2, -0.15) is 0 Å². The van der Waals surface area contributed by atoms with Crippen LogP contribution in [0.5, 0.6) is 0 Å². The highest BCUT2D eigenvalue weighted by molar-refractivity contribution is 6.10. The molecule has 0 fully saturated rings. The summed E-state index contributed by atoms with van der Waals surface area (Å²) in [5.41, 5.74) is 4.66. The number of para-hydroxylation sites is 1. The van der Waals surface area contributed by atoms with Crippen LogP contribution in [0.15, 0.2) is 65.2 Å². The van der Waals surface area contributed by atoms with E-state index in [1.54, 1.807) is 0 Å². The van der Waals surface area contributed by atoms with Gasteiger partial charge in [0.1, 0.15) is 11.5 Å². The maximum atomic E-state index is 12.9. The van der Waals surface area contributed by atoms with E-state index in [2.05, 4.69) is 15.0 Å². The zero-order chi connectivity index (χ0) is 20.2. The fourth-order valence-electron chi connectivity index (χ4n) is 3.74. The van der Waals surface area contributed by atoms with Crippen LogP contribution in [0.25, 0.3) is 22.2 Å². The van der Waals surface area contributed by atoms with Gasteiger partial charge in [0.05, 0.1) is 6.54 Å². The molecule has 0 bridgehead atoms. The summed E-state index contributed by atoms with van der Waals surface area (Å²) in [6, 6.07) is 20.0. The van der Waals surface area contributed by atoms with Gasteiger partial charge < -0.3 is 9.51 Å². The Morgan fingerprint density at radius 1 is 1.10 bits per heavy atom. The van der Waals surface area contributed by atoms with E-state index in [9.17, 15) is 4.79 Å². The minimum Gasteiger partial charge on any atom is -0.361 e. The van der Waals surface area contributed by atoms with Crippen molar-refractivity contribution in [3.05, 3.63) is 77.7 Å². The summed E-state index contributed by atoms with van der Waals surface area (Å²) in [7, 11) is 1.98. The first-order valence-corrected chi connectivity index (χ1v) is 9.92. The number of H-pyrrole nitrogens is 1. The van der Waals surface area contributed by atoms with E-state index in [-0.39, 0.29) is 5.78 Å². The van der Waals surface area contributed by atoms with E-state index in [4.69, 9.17) is 4.52 Å². The Morgan fingerprint density at radius 2 is 1.86 bits per heavy atom. The van der Waals surface area contributed by atoms with Crippen LogP contribution in [0.1, 0.15) is 28.2 Å². The number of rotatable bonds is 8. The number of aromatic amines is 1. The molecule has 29 heavy (non-hydrogen) atoms. The van der Waals surface area contributed by atoms with Crippen molar-refractivity contribution >= 4 is 16.7 Å². The number of benzene rings is 2. The van der Waals surface area contributed by atoms with Crippen molar-refractivity contribution in [2.75, 3.05) is 20.1 Å². The van der Waals surface area contributed by atoms with Crippen LogP contribution >= 0.6 is 0 Å². The van der Waals surface area contributed by atoms with Crippen LogP contribution in [0.2, 0.25) is 0 Å². The molecule has 2 aromatic heterocycles. The second-order valence-electron chi connectivity index (χ2n) is 7.48. The van der Waals surface area contributed by atoms with Gasteiger partial charge in [-0.3, -0.25) is 9.69 Å². The molecule has 1 N–H and O–H groups in total. The standard InChI is InChI=1S/C24H25N3O2/c1-17-24(20-12-6-7-13-21(20)25-17)23(28)16-27(2)14-8-11-19-15-22(26-29-19)18-9-4-3-5-10-18/h3-7,9-10,12-13,15,25H,8,11,14,16H2,1-2H3. The molecule has 0 radical (unpaired) electrons. The van der Waals surface area contributed by atoms with E-state index >= 15 is 0 Å². The molecule has 5 heteroatoms. The number of Topliss-reactive ketones (excluding diaryl/α,β-unsaturated/α-hetero) is 1. The Morgan fingerprint density at radius 3 is 2.69 bits per heavy atom. The Hall–Kier alpha value is -3.18. The fourth-order valence-corrected chi connectivity index (χ4v) is 3.74. The van der Waals surface area contributed by atoms with Crippen LogP contribution < -0.4 is 0 Å².